The first kappa shape index (κ1) is 16.7. The average molecular weight is 331 g/mol. The van der Waals surface area contributed by atoms with Crippen LogP contribution in [0, 0.1) is 11.6 Å². The molecular weight excluding hydrogens is 321 g/mol. The van der Waals surface area contributed by atoms with E-state index in [0.29, 0.717) is 6.07 Å². The molecule has 0 saturated carbocycles. The molecule has 23 heavy (non-hydrogen) atoms. The molecule has 0 atom stereocenters. The monoisotopic (exact) mass is 331 g/mol. The first-order valence-corrected chi connectivity index (χ1v) is 6.32. The maximum Gasteiger partial charge on any atom is 0.573 e. The Bertz CT molecular complexity index is 695. The lowest BCUT2D eigenvalue weighted by atomic mass is 10.1. The van der Waals surface area contributed by atoms with Gasteiger partial charge in [0.05, 0.1) is 0 Å². The summed E-state index contributed by atoms with van der Waals surface area (Å²) in [6, 6.07) is 7.46. The van der Waals surface area contributed by atoms with Gasteiger partial charge < -0.3 is 10.1 Å². The summed E-state index contributed by atoms with van der Waals surface area (Å²) in [5.74, 6) is -3.16. The lowest BCUT2D eigenvalue weighted by Gasteiger charge is -2.13. The van der Waals surface area contributed by atoms with Crippen molar-refractivity contribution in [3.8, 4) is 5.75 Å². The molecule has 0 aliphatic carbocycles. The summed E-state index contributed by atoms with van der Waals surface area (Å²) in [7, 11) is 0. The van der Waals surface area contributed by atoms with Gasteiger partial charge in [0.25, 0.3) is 5.91 Å². The van der Waals surface area contributed by atoms with E-state index < -0.39 is 29.7 Å². The number of hydrogen-bond donors (Lipinski definition) is 1. The highest BCUT2D eigenvalue weighted by molar-refractivity contribution is 5.94. The molecular formula is C15H10F5NO2. The second-order valence-electron chi connectivity index (χ2n) is 4.50. The Morgan fingerprint density at radius 1 is 1.04 bits per heavy atom. The first-order chi connectivity index (χ1) is 10.7. The molecule has 0 fully saturated rings. The van der Waals surface area contributed by atoms with Gasteiger partial charge in [-0.25, -0.2) is 8.78 Å². The zero-order valence-corrected chi connectivity index (χ0v) is 11.5. The van der Waals surface area contributed by atoms with E-state index in [1.54, 1.807) is 0 Å². The Morgan fingerprint density at radius 2 is 1.65 bits per heavy atom. The van der Waals surface area contributed by atoms with E-state index in [9.17, 15) is 26.7 Å². The zero-order valence-electron chi connectivity index (χ0n) is 11.5. The van der Waals surface area contributed by atoms with Gasteiger partial charge in [-0.2, -0.15) is 0 Å². The van der Waals surface area contributed by atoms with Gasteiger partial charge in [-0.15, -0.1) is 13.2 Å². The van der Waals surface area contributed by atoms with Crippen molar-refractivity contribution in [3.63, 3.8) is 0 Å². The molecule has 1 amide bonds. The second kappa shape index (κ2) is 6.64. The predicted molar refractivity (Wildman–Crippen MR) is 70.7 cm³/mol. The summed E-state index contributed by atoms with van der Waals surface area (Å²) in [6.45, 7) is -0.302. The minimum Gasteiger partial charge on any atom is -0.405 e. The summed E-state index contributed by atoms with van der Waals surface area (Å²) >= 11 is 0. The van der Waals surface area contributed by atoms with Crippen LogP contribution in [0.5, 0.6) is 5.75 Å². The summed E-state index contributed by atoms with van der Waals surface area (Å²) < 4.78 is 66.8. The molecule has 2 aromatic carbocycles. The molecule has 1 N–H and O–H groups in total. The van der Waals surface area contributed by atoms with Gasteiger partial charge >= 0.3 is 6.36 Å². The third-order valence-corrected chi connectivity index (χ3v) is 2.76. The highest BCUT2D eigenvalue weighted by Crippen LogP contribution is 2.26. The predicted octanol–water partition coefficient (Wildman–Crippen LogP) is 3.79. The van der Waals surface area contributed by atoms with Crippen molar-refractivity contribution in [1.29, 1.82) is 0 Å². The maximum atomic E-state index is 13.0. The van der Waals surface area contributed by atoms with Crippen LogP contribution >= 0.6 is 0 Å². The quantitative estimate of drug-likeness (QED) is 0.866. The molecule has 3 nitrogen and oxygen atoms in total. The molecule has 0 spiro atoms. The normalized spacial score (nSPS) is 11.2. The van der Waals surface area contributed by atoms with Gasteiger partial charge in [0.1, 0.15) is 17.4 Å². The van der Waals surface area contributed by atoms with Crippen molar-refractivity contribution in [2.24, 2.45) is 0 Å². The number of ether oxygens (including phenoxy) is 1. The maximum absolute atomic E-state index is 13.0. The lowest BCUT2D eigenvalue weighted by molar-refractivity contribution is -0.274. The lowest BCUT2D eigenvalue weighted by Crippen LogP contribution is -2.24. The van der Waals surface area contributed by atoms with Crippen LogP contribution in [0.3, 0.4) is 0 Å². The fourth-order valence-corrected chi connectivity index (χ4v) is 1.84. The minimum atomic E-state index is -4.87. The fourth-order valence-electron chi connectivity index (χ4n) is 1.84. The van der Waals surface area contributed by atoms with Gasteiger partial charge in [0.15, 0.2) is 0 Å². The molecule has 0 aliphatic heterocycles. The smallest absolute Gasteiger partial charge is 0.405 e. The van der Waals surface area contributed by atoms with E-state index in [2.05, 4.69) is 10.1 Å². The topological polar surface area (TPSA) is 38.3 Å². The number of carbonyl (C=O) groups is 1. The summed E-state index contributed by atoms with van der Waals surface area (Å²) in [6.07, 6.45) is -4.87. The molecule has 8 heteroatoms. The molecule has 122 valence electrons. The van der Waals surface area contributed by atoms with Gasteiger partial charge in [-0.1, -0.05) is 18.2 Å². The summed E-state index contributed by atoms with van der Waals surface area (Å²) in [5, 5.41) is 2.28. The van der Waals surface area contributed by atoms with Gasteiger partial charge in [0.2, 0.25) is 0 Å². The second-order valence-corrected chi connectivity index (χ2v) is 4.50. The summed E-state index contributed by atoms with van der Waals surface area (Å²) in [5.41, 5.74) is -0.216. The number of para-hydroxylation sites is 1. The summed E-state index contributed by atoms with van der Waals surface area (Å²) in [4.78, 5) is 11.8. The van der Waals surface area contributed by atoms with Crippen LogP contribution in [0.1, 0.15) is 15.9 Å². The van der Waals surface area contributed by atoms with E-state index in [1.165, 1.54) is 18.2 Å². The van der Waals surface area contributed by atoms with E-state index in [0.717, 1.165) is 18.2 Å². The van der Waals surface area contributed by atoms with Gasteiger partial charge in [0, 0.05) is 23.7 Å². The molecule has 0 bridgehead atoms. The van der Waals surface area contributed by atoms with Crippen LogP contribution in [0.25, 0.3) is 0 Å². The largest absolute Gasteiger partial charge is 0.573 e. The standard InChI is InChI=1S/C15H10F5NO2/c16-11-5-10(6-12(17)7-11)14(22)21-8-9-3-1-2-4-13(9)23-15(18,19)20/h1-7H,8H2,(H,21,22). The highest BCUT2D eigenvalue weighted by atomic mass is 19.4. The third kappa shape index (κ3) is 4.94. The Labute approximate surface area is 127 Å². The molecule has 0 saturated heterocycles. The van der Waals surface area contributed by atoms with Crippen LogP contribution < -0.4 is 10.1 Å². The van der Waals surface area contributed by atoms with Crippen LogP contribution in [-0.4, -0.2) is 12.3 Å². The Hall–Kier alpha value is -2.64. The number of rotatable bonds is 4. The van der Waals surface area contributed by atoms with E-state index in [4.69, 9.17) is 0 Å². The molecule has 0 unspecified atom stereocenters. The SMILES string of the molecule is O=C(NCc1ccccc1OC(F)(F)F)c1cc(F)cc(F)c1. The van der Waals surface area contributed by atoms with Crippen LogP contribution in [-0.2, 0) is 6.54 Å². The Balaban J connectivity index is 2.10. The van der Waals surface area contributed by atoms with E-state index in [-0.39, 0.29) is 17.7 Å². The van der Waals surface area contributed by atoms with Crippen molar-refractivity contribution in [1.82, 2.24) is 5.32 Å². The molecule has 2 aromatic rings. The Kier molecular flexibility index (Phi) is 4.83. The highest BCUT2D eigenvalue weighted by Gasteiger charge is 2.32. The zero-order chi connectivity index (χ0) is 17.0. The van der Waals surface area contributed by atoms with Crippen molar-refractivity contribution in [3.05, 3.63) is 65.2 Å². The van der Waals surface area contributed by atoms with Crippen molar-refractivity contribution < 1.29 is 31.5 Å². The van der Waals surface area contributed by atoms with Gasteiger partial charge in [-0.3, -0.25) is 4.79 Å². The first-order valence-electron chi connectivity index (χ1n) is 6.32. The van der Waals surface area contributed by atoms with Crippen molar-refractivity contribution in [2.75, 3.05) is 0 Å². The van der Waals surface area contributed by atoms with Crippen molar-refractivity contribution >= 4 is 5.91 Å². The van der Waals surface area contributed by atoms with Gasteiger partial charge in [-0.05, 0) is 18.2 Å². The number of carbonyl (C=O) groups excluding carboxylic acids is 1. The van der Waals surface area contributed by atoms with Crippen LogP contribution in [0.4, 0.5) is 22.0 Å². The number of alkyl halides is 3. The number of benzene rings is 2. The third-order valence-electron chi connectivity index (χ3n) is 2.76. The minimum absolute atomic E-state index is 0.0649. The molecule has 0 radical (unpaired) electrons. The van der Waals surface area contributed by atoms with Crippen LogP contribution in [0.2, 0.25) is 0 Å². The molecule has 0 aliphatic rings. The molecule has 0 heterocycles. The molecule has 0 aromatic heterocycles. The fraction of sp³-hybridized carbons (Fsp3) is 0.133. The molecule has 2 rings (SSSR count). The average Bonchev–Trinajstić information content (AvgIpc) is 2.43. The van der Waals surface area contributed by atoms with E-state index in [1.807, 2.05) is 0 Å². The number of hydrogen-bond acceptors (Lipinski definition) is 2. The number of nitrogens with one attached hydrogen (secondary N) is 1. The Morgan fingerprint density at radius 3 is 2.26 bits per heavy atom. The number of amides is 1. The number of halogens is 5. The van der Waals surface area contributed by atoms with Crippen molar-refractivity contribution in [2.45, 2.75) is 12.9 Å². The van der Waals surface area contributed by atoms with Crippen LogP contribution in [0.15, 0.2) is 42.5 Å². The van der Waals surface area contributed by atoms with E-state index >= 15 is 0 Å².